The molecule has 2 aromatic rings. The number of amides is 1. The molecule has 1 atom stereocenters. The zero-order valence-corrected chi connectivity index (χ0v) is 15.8. The topological polar surface area (TPSA) is 87.3 Å². The SMILES string of the molecule is Cc1ccc(S(=O)(=O)Nc2ccc(F)cc2)cc1C(=O)N[C@H]1CCCNC1. The third-order valence-electron chi connectivity index (χ3n) is 4.49. The Morgan fingerprint density at radius 2 is 1.93 bits per heavy atom. The molecular formula is C19H22FN3O3S. The van der Waals surface area contributed by atoms with Gasteiger partial charge in [0.1, 0.15) is 5.82 Å². The third kappa shape index (κ3) is 4.84. The van der Waals surface area contributed by atoms with Crippen molar-refractivity contribution >= 4 is 21.6 Å². The van der Waals surface area contributed by atoms with E-state index in [0.717, 1.165) is 19.4 Å². The second kappa shape index (κ2) is 8.06. The number of carbonyl (C=O) groups is 1. The molecule has 0 aromatic heterocycles. The molecular weight excluding hydrogens is 369 g/mol. The van der Waals surface area contributed by atoms with Crippen LogP contribution in [0.25, 0.3) is 0 Å². The van der Waals surface area contributed by atoms with Gasteiger partial charge in [0.15, 0.2) is 0 Å². The van der Waals surface area contributed by atoms with Crippen LogP contribution in [0.4, 0.5) is 10.1 Å². The summed E-state index contributed by atoms with van der Waals surface area (Å²) in [4.78, 5) is 12.6. The monoisotopic (exact) mass is 391 g/mol. The molecule has 0 aliphatic carbocycles. The quantitative estimate of drug-likeness (QED) is 0.731. The highest BCUT2D eigenvalue weighted by Gasteiger charge is 2.21. The number of hydrogen-bond acceptors (Lipinski definition) is 4. The molecule has 27 heavy (non-hydrogen) atoms. The van der Waals surface area contributed by atoms with E-state index < -0.39 is 15.8 Å². The van der Waals surface area contributed by atoms with Crippen LogP contribution in [0.2, 0.25) is 0 Å². The number of rotatable bonds is 5. The Morgan fingerprint density at radius 1 is 1.19 bits per heavy atom. The Morgan fingerprint density at radius 3 is 2.59 bits per heavy atom. The minimum Gasteiger partial charge on any atom is -0.348 e. The van der Waals surface area contributed by atoms with Crippen LogP contribution in [-0.2, 0) is 10.0 Å². The first-order valence-corrected chi connectivity index (χ1v) is 10.2. The van der Waals surface area contributed by atoms with Crippen LogP contribution in [0, 0.1) is 12.7 Å². The van der Waals surface area contributed by atoms with Crippen LogP contribution in [0.3, 0.4) is 0 Å². The number of sulfonamides is 1. The highest BCUT2D eigenvalue weighted by molar-refractivity contribution is 7.92. The van der Waals surface area contributed by atoms with Crippen LogP contribution >= 0.6 is 0 Å². The van der Waals surface area contributed by atoms with Gasteiger partial charge < -0.3 is 10.6 Å². The van der Waals surface area contributed by atoms with E-state index in [4.69, 9.17) is 0 Å². The van der Waals surface area contributed by atoms with Crippen LogP contribution in [0.1, 0.15) is 28.8 Å². The van der Waals surface area contributed by atoms with Gasteiger partial charge in [-0.1, -0.05) is 6.07 Å². The summed E-state index contributed by atoms with van der Waals surface area (Å²) < 4.78 is 40.6. The van der Waals surface area contributed by atoms with Crippen molar-refractivity contribution in [3.05, 3.63) is 59.4 Å². The van der Waals surface area contributed by atoms with Crippen molar-refractivity contribution in [1.29, 1.82) is 0 Å². The van der Waals surface area contributed by atoms with E-state index in [-0.39, 0.29) is 22.5 Å². The minimum atomic E-state index is -3.90. The predicted octanol–water partition coefficient (Wildman–Crippen LogP) is 2.42. The lowest BCUT2D eigenvalue weighted by Crippen LogP contribution is -2.45. The Kier molecular flexibility index (Phi) is 5.76. The average molecular weight is 391 g/mol. The summed E-state index contributed by atoms with van der Waals surface area (Å²) in [6.07, 6.45) is 1.88. The zero-order valence-electron chi connectivity index (χ0n) is 15.0. The van der Waals surface area contributed by atoms with Crippen molar-refractivity contribution in [3.8, 4) is 0 Å². The molecule has 3 N–H and O–H groups in total. The van der Waals surface area contributed by atoms with Gasteiger partial charge in [0.25, 0.3) is 15.9 Å². The van der Waals surface area contributed by atoms with E-state index in [0.29, 0.717) is 17.7 Å². The predicted molar refractivity (Wildman–Crippen MR) is 102 cm³/mol. The van der Waals surface area contributed by atoms with E-state index >= 15 is 0 Å². The first kappa shape index (κ1) is 19.3. The fourth-order valence-corrected chi connectivity index (χ4v) is 4.07. The standard InChI is InChI=1S/C19H22FN3O3S/c1-13-4-9-17(27(25,26)23-15-7-5-14(20)6-8-15)11-18(13)19(24)22-16-3-2-10-21-12-16/h4-9,11,16,21,23H,2-3,10,12H2,1H3,(H,22,24)/t16-/m0/s1. The van der Waals surface area contributed by atoms with Crippen molar-refractivity contribution in [3.63, 3.8) is 0 Å². The maximum Gasteiger partial charge on any atom is 0.261 e. The lowest BCUT2D eigenvalue weighted by atomic mass is 10.1. The molecule has 1 aliphatic rings. The fraction of sp³-hybridized carbons (Fsp3) is 0.316. The highest BCUT2D eigenvalue weighted by Crippen LogP contribution is 2.20. The number of piperidine rings is 1. The maximum atomic E-state index is 13.0. The summed E-state index contributed by atoms with van der Waals surface area (Å²) in [5.41, 5.74) is 1.26. The Balaban J connectivity index is 1.80. The number of aryl methyl sites for hydroxylation is 1. The summed E-state index contributed by atoms with van der Waals surface area (Å²) in [7, 11) is -3.90. The summed E-state index contributed by atoms with van der Waals surface area (Å²) in [6.45, 7) is 3.40. The Labute approximate surface area is 158 Å². The molecule has 144 valence electrons. The number of benzene rings is 2. The fourth-order valence-electron chi connectivity index (χ4n) is 2.98. The lowest BCUT2D eigenvalue weighted by molar-refractivity contribution is 0.0930. The Bertz CT molecular complexity index is 924. The summed E-state index contributed by atoms with van der Waals surface area (Å²) in [5.74, 6) is -0.746. The number of carbonyl (C=O) groups excluding carboxylic acids is 1. The number of halogens is 1. The summed E-state index contributed by atoms with van der Waals surface area (Å²) in [5, 5.41) is 6.18. The van der Waals surface area contributed by atoms with Gasteiger partial charge in [-0.2, -0.15) is 0 Å². The van der Waals surface area contributed by atoms with E-state index in [9.17, 15) is 17.6 Å². The number of hydrogen-bond donors (Lipinski definition) is 3. The van der Waals surface area contributed by atoms with E-state index in [1.54, 1.807) is 13.0 Å². The van der Waals surface area contributed by atoms with Crippen LogP contribution < -0.4 is 15.4 Å². The molecule has 1 amide bonds. The van der Waals surface area contributed by atoms with Crippen LogP contribution in [0.15, 0.2) is 47.4 Å². The molecule has 1 aliphatic heterocycles. The summed E-state index contributed by atoms with van der Waals surface area (Å²) in [6, 6.07) is 9.47. The zero-order chi connectivity index (χ0) is 19.4. The van der Waals surface area contributed by atoms with E-state index in [1.165, 1.54) is 36.4 Å². The first-order valence-electron chi connectivity index (χ1n) is 8.76. The van der Waals surface area contributed by atoms with Gasteiger partial charge in [0, 0.05) is 23.8 Å². The first-order chi connectivity index (χ1) is 12.8. The molecule has 8 heteroatoms. The minimum absolute atomic E-state index is 0.0238. The van der Waals surface area contributed by atoms with Gasteiger partial charge in [-0.15, -0.1) is 0 Å². The second-order valence-corrected chi connectivity index (χ2v) is 8.29. The van der Waals surface area contributed by atoms with Crippen molar-refractivity contribution in [2.24, 2.45) is 0 Å². The van der Waals surface area contributed by atoms with Crippen molar-refractivity contribution < 1.29 is 17.6 Å². The van der Waals surface area contributed by atoms with Gasteiger partial charge >= 0.3 is 0 Å². The molecule has 6 nitrogen and oxygen atoms in total. The summed E-state index contributed by atoms with van der Waals surface area (Å²) >= 11 is 0. The van der Waals surface area contributed by atoms with E-state index in [1.807, 2.05) is 0 Å². The third-order valence-corrected chi connectivity index (χ3v) is 5.87. The molecule has 1 saturated heterocycles. The van der Waals surface area contributed by atoms with Gasteiger partial charge in [0.05, 0.1) is 4.90 Å². The van der Waals surface area contributed by atoms with Gasteiger partial charge in [-0.3, -0.25) is 9.52 Å². The molecule has 1 fully saturated rings. The highest BCUT2D eigenvalue weighted by atomic mass is 32.2. The molecule has 2 aromatic carbocycles. The largest absolute Gasteiger partial charge is 0.348 e. The van der Waals surface area contributed by atoms with Crippen molar-refractivity contribution in [1.82, 2.24) is 10.6 Å². The average Bonchev–Trinajstić information content (AvgIpc) is 2.64. The van der Waals surface area contributed by atoms with Gasteiger partial charge in [0.2, 0.25) is 0 Å². The number of nitrogens with one attached hydrogen (secondary N) is 3. The normalized spacial score (nSPS) is 17.3. The molecule has 3 rings (SSSR count). The van der Waals surface area contributed by atoms with Gasteiger partial charge in [-0.05, 0) is 68.3 Å². The second-order valence-electron chi connectivity index (χ2n) is 6.61. The van der Waals surface area contributed by atoms with Gasteiger partial charge in [-0.25, -0.2) is 12.8 Å². The van der Waals surface area contributed by atoms with E-state index in [2.05, 4.69) is 15.4 Å². The van der Waals surface area contributed by atoms with Crippen LogP contribution in [-0.4, -0.2) is 33.5 Å². The molecule has 0 spiro atoms. The Hall–Kier alpha value is -2.45. The molecule has 1 heterocycles. The number of anilines is 1. The molecule has 0 bridgehead atoms. The van der Waals surface area contributed by atoms with Crippen molar-refractivity contribution in [2.45, 2.75) is 30.7 Å². The molecule has 0 saturated carbocycles. The van der Waals surface area contributed by atoms with Crippen molar-refractivity contribution in [2.75, 3.05) is 17.8 Å². The maximum absolute atomic E-state index is 13.0. The molecule has 0 radical (unpaired) electrons. The molecule has 0 unspecified atom stereocenters. The smallest absolute Gasteiger partial charge is 0.261 e. The lowest BCUT2D eigenvalue weighted by Gasteiger charge is -2.24. The van der Waals surface area contributed by atoms with Crippen LogP contribution in [0.5, 0.6) is 0 Å².